The summed E-state index contributed by atoms with van der Waals surface area (Å²) in [7, 11) is 0. The van der Waals surface area contributed by atoms with Crippen LogP contribution in [0, 0.1) is 0 Å². The summed E-state index contributed by atoms with van der Waals surface area (Å²) in [5.74, 6) is 0. The number of rotatable bonds is 0. The van der Waals surface area contributed by atoms with Gasteiger partial charge in [0.2, 0.25) is 0 Å². The molecule has 0 saturated heterocycles. The molecular weight excluding hydrogens is 108 g/mol. The highest BCUT2D eigenvalue weighted by Crippen LogP contribution is 2.02. The van der Waals surface area contributed by atoms with Crippen molar-refractivity contribution in [1.29, 1.82) is 0 Å². The Labute approximate surface area is 50.0 Å². The minimum absolute atomic E-state index is 0.385. The lowest BCUT2D eigenvalue weighted by Crippen LogP contribution is -2.30. The van der Waals surface area contributed by atoms with E-state index in [1.54, 1.807) is 0 Å². The molecule has 0 spiro atoms. The van der Waals surface area contributed by atoms with Crippen molar-refractivity contribution in [1.82, 2.24) is 0 Å². The Hall–Kier alpha value is -0.540. The van der Waals surface area contributed by atoms with Crippen LogP contribution in [0.1, 0.15) is 2.74 Å². The highest BCUT2D eigenvalue weighted by molar-refractivity contribution is 4.91. The molecule has 0 saturated carbocycles. The van der Waals surface area contributed by atoms with E-state index in [2.05, 4.69) is 4.74 Å². The molecule has 0 bridgehead atoms. The van der Waals surface area contributed by atoms with Crippen molar-refractivity contribution >= 4 is 0 Å². The second-order valence-corrected chi connectivity index (χ2v) is 1.45. The van der Waals surface area contributed by atoms with Crippen LogP contribution in [0.25, 0.3) is 0 Å². The lowest BCUT2D eigenvalue weighted by Gasteiger charge is -2.17. The summed E-state index contributed by atoms with van der Waals surface area (Å²) in [5.41, 5.74) is 0. The topological polar surface area (TPSA) is 49.7 Å². The van der Waals surface area contributed by atoms with Crippen molar-refractivity contribution in [2.45, 2.75) is 12.2 Å². The smallest absolute Gasteiger partial charge is 0.117 e. The minimum atomic E-state index is -2.26. The molecule has 46 valence electrons. The van der Waals surface area contributed by atoms with E-state index in [1.807, 2.05) is 0 Å². The summed E-state index contributed by atoms with van der Waals surface area (Å²) in [6.45, 7) is -0.385. The van der Waals surface area contributed by atoms with Crippen molar-refractivity contribution in [3.05, 3.63) is 12.3 Å². The predicted octanol–water partition coefficient (Wildman–Crippen LogP) is -0.748. The van der Waals surface area contributed by atoms with Crippen molar-refractivity contribution in [2.75, 3.05) is 6.61 Å². The van der Waals surface area contributed by atoms with Crippen molar-refractivity contribution < 1.29 is 17.7 Å². The number of aliphatic hydroxyl groups is 2. The molecule has 0 aliphatic carbocycles. The molecule has 0 aromatic carbocycles. The first-order valence-corrected chi connectivity index (χ1v) is 2.20. The number of hydrogen-bond donors (Lipinski definition) is 2. The Bertz CT molecular complexity index is 164. The van der Waals surface area contributed by atoms with Gasteiger partial charge < -0.3 is 14.9 Å². The molecule has 3 heteroatoms. The first kappa shape index (κ1) is 3.48. The fraction of sp³-hybridized carbons (Fsp3) is 0.600. The molecule has 1 aliphatic rings. The maximum Gasteiger partial charge on any atom is 0.117 e. The van der Waals surface area contributed by atoms with Crippen molar-refractivity contribution in [3.8, 4) is 0 Å². The quantitative estimate of drug-likeness (QED) is 0.440. The predicted molar refractivity (Wildman–Crippen MR) is 27.1 cm³/mol. The summed E-state index contributed by atoms with van der Waals surface area (Å²) in [6, 6.07) is 0. The zero-order valence-electron chi connectivity index (χ0n) is 6.16. The van der Waals surface area contributed by atoms with Gasteiger partial charge in [0.1, 0.15) is 18.8 Å². The molecule has 1 rings (SSSR count). The molecule has 0 aromatic rings. The van der Waals surface area contributed by atoms with E-state index < -0.39 is 12.2 Å². The van der Waals surface area contributed by atoms with Crippen LogP contribution in [0.4, 0.5) is 0 Å². The van der Waals surface area contributed by atoms with Crippen LogP contribution in [0.5, 0.6) is 0 Å². The maximum atomic E-state index is 8.96. The molecule has 8 heavy (non-hydrogen) atoms. The van der Waals surface area contributed by atoms with Crippen LogP contribution in [-0.2, 0) is 4.74 Å². The summed E-state index contributed by atoms with van der Waals surface area (Å²) >= 11 is 0. The van der Waals surface area contributed by atoms with Crippen molar-refractivity contribution in [2.24, 2.45) is 0 Å². The first-order chi connectivity index (χ1) is 4.46. The van der Waals surface area contributed by atoms with Crippen LogP contribution in [0.3, 0.4) is 0 Å². The average Bonchev–Trinajstić information content (AvgIpc) is 1.77. The van der Waals surface area contributed by atoms with E-state index in [0.717, 1.165) is 12.3 Å². The molecule has 1 heterocycles. The first-order valence-electron chi connectivity index (χ1n) is 3.20. The fourth-order valence-electron chi connectivity index (χ4n) is 0.410. The van der Waals surface area contributed by atoms with E-state index in [0.29, 0.717) is 0 Å². The van der Waals surface area contributed by atoms with Gasteiger partial charge in [0, 0.05) is 0 Å². The highest BCUT2D eigenvalue weighted by Gasteiger charge is 2.15. The van der Waals surface area contributed by atoms with Crippen LogP contribution in [0.15, 0.2) is 12.3 Å². The molecule has 1 aliphatic heterocycles. The Balaban J connectivity index is 2.87. The lowest BCUT2D eigenvalue weighted by molar-refractivity contribution is -0.0108. The van der Waals surface area contributed by atoms with Gasteiger partial charge in [-0.15, -0.1) is 0 Å². The van der Waals surface area contributed by atoms with Gasteiger partial charge in [-0.2, -0.15) is 0 Å². The van der Waals surface area contributed by atoms with E-state index in [4.69, 9.17) is 13.0 Å². The molecule has 3 nitrogen and oxygen atoms in total. The molecule has 2 atom stereocenters. The third-order valence-corrected chi connectivity index (χ3v) is 0.838. The Morgan fingerprint density at radius 2 is 2.50 bits per heavy atom. The molecule has 0 amide bonds. The second-order valence-electron chi connectivity index (χ2n) is 1.45. The normalized spacial score (nSPS) is 58.8. The second kappa shape index (κ2) is 2.15. The maximum absolute atomic E-state index is 8.96. The van der Waals surface area contributed by atoms with Crippen LogP contribution in [-0.4, -0.2) is 29.0 Å². The zero-order chi connectivity index (χ0) is 7.83. The number of ether oxygens (including phenoxy) is 1. The Kier molecular flexibility index (Phi) is 0.936. The van der Waals surface area contributed by atoms with Gasteiger partial charge >= 0.3 is 0 Å². The molecule has 0 radical (unpaired) electrons. The zero-order valence-corrected chi connectivity index (χ0v) is 4.16. The SMILES string of the molecule is [2H]C1(O)C=COCC1([2H])O. The van der Waals surface area contributed by atoms with Gasteiger partial charge in [-0.1, -0.05) is 0 Å². The molecule has 0 aromatic heterocycles. The lowest BCUT2D eigenvalue weighted by atomic mass is 10.2. The van der Waals surface area contributed by atoms with Crippen molar-refractivity contribution in [3.63, 3.8) is 0 Å². The van der Waals surface area contributed by atoms with Gasteiger partial charge in [-0.05, 0) is 6.08 Å². The Morgan fingerprint density at radius 1 is 1.75 bits per heavy atom. The highest BCUT2D eigenvalue weighted by atomic mass is 16.5. The van der Waals surface area contributed by atoms with Gasteiger partial charge in [-0.3, -0.25) is 0 Å². The summed E-state index contributed by atoms with van der Waals surface area (Å²) in [6.07, 6.45) is -2.51. The fourth-order valence-corrected chi connectivity index (χ4v) is 0.410. The van der Waals surface area contributed by atoms with Crippen LogP contribution >= 0.6 is 0 Å². The van der Waals surface area contributed by atoms with E-state index in [9.17, 15) is 0 Å². The standard InChI is InChI=1S/C5H8O3/c6-4-1-2-8-3-5(4)7/h1-2,4-7H,3H2/i4D,5D. The summed E-state index contributed by atoms with van der Waals surface area (Å²) in [4.78, 5) is 0. The van der Waals surface area contributed by atoms with Gasteiger partial charge in [0.25, 0.3) is 0 Å². The average molecular weight is 118 g/mol. The van der Waals surface area contributed by atoms with Crippen LogP contribution in [0.2, 0.25) is 0 Å². The molecular formula is C5H8O3. The molecule has 2 unspecified atom stereocenters. The summed E-state index contributed by atoms with van der Waals surface area (Å²) in [5, 5.41) is 17.9. The summed E-state index contributed by atoms with van der Waals surface area (Å²) < 4.78 is 18.5. The van der Waals surface area contributed by atoms with Gasteiger partial charge in [0.05, 0.1) is 9.00 Å². The molecule has 0 fully saturated rings. The largest absolute Gasteiger partial charge is 0.499 e. The third kappa shape index (κ3) is 0.993. The Morgan fingerprint density at radius 3 is 2.88 bits per heavy atom. The molecule has 2 N–H and O–H groups in total. The van der Waals surface area contributed by atoms with E-state index >= 15 is 0 Å². The van der Waals surface area contributed by atoms with Gasteiger partial charge in [-0.25, -0.2) is 0 Å². The minimum Gasteiger partial charge on any atom is -0.499 e. The monoisotopic (exact) mass is 118 g/mol. The van der Waals surface area contributed by atoms with Gasteiger partial charge in [0.15, 0.2) is 0 Å². The van der Waals surface area contributed by atoms with E-state index in [1.165, 1.54) is 0 Å². The third-order valence-electron chi connectivity index (χ3n) is 0.838. The van der Waals surface area contributed by atoms with Crippen LogP contribution < -0.4 is 0 Å². The number of hydrogen-bond acceptors (Lipinski definition) is 3. The van der Waals surface area contributed by atoms with E-state index in [-0.39, 0.29) is 6.61 Å².